The number of halogens is 1. The van der Waals surface area contributed by atoms with Crippen molar-refractivity contribution >= 4 is 28.8 Å². The van der Waals surface area contributed by atoms with Crippen LogP contribution >= 0.6 is 11.6 Å². The Morgan fingerprint density at radius 3 is 2.64 bits per heavy atom. The maximum Gasteiger partial charge on any atom is 0.214 e. The number of aromatic nitrogens is 2. The van der Waals surface area contributed by atoms with Gasteiger partial charge in [0.1, 0.15) is 5.02 Å². The van der Waals surface area contributed by atoms with Crippen molar-refractivity contribution in [3.05, 3.63) is 34.5 Å². The van der Waals surface area contributed by atoms with Crippen molar-refractivity contribution in [2.45, 2.75) is 20.8 Å². The van der Waals surface area contributed by atoms with Gasteiger partial charge in [0.25, 0.3) is 0 Å². The number of aryl methyl sites for hydroxylation is 2. The summed E-state index contributed by atoms with van der Waals surface area (Å²) in [7, 11) is 0. The molecule has 6 nitrogen and oxygen atoms in total. The third-order valence-electron chi connectivity index (χ3n) is 3.40. The van der Waals surface area contributed by atoms with Crippen LogP contribution in [0.4, 0.5) is 17.2 Å². The lowest BCUT2D eigenvalue weighted by molar-refractivity contribution is 0.302. The van der Waals surface area contributed by atoms with Crippen molar-refractivity contribution in [2.75, 3.05) is 24.6 Å². The van der Waals surface area contributed by atoms with E-state index < -0.39 is 0 Å². The number of nitrogens with one attached hydrogen (secondary N) is 1. The molecular weight excluding hydrogens is 302 g/mol. The van der Waals surface area contributed by atoms with Crippen molar-refractivity contribution < 1.29 is 5.11 Å². The zero-order valence-electron chi connectivity index (χ0n) is 13.0. The molecule has 2 N–H and O–H groups in total. The molecule has 0 saturated carbocycles. The topological polar surface area (TPSA) is 76.9 Å². The second kappa shape index (κ2) is 7.38. The molecule has 0 aliphatic heterocycles. The first-order chi connectivity index (χ1) is 10.6. The lowest BCUT2D eigenvalue weighted by atomic mass is 10.1. The van der Waals surface area contributed by atoms with E-state index >= 15 is 0 Å². The molecule has 0 unspecified atom stereocenters. The smallest absolute Gasteiger partial charge is 0.214 e. The third-order valence-corrected chi connectivity index (χ3v) is 3.86. The van der Waals surface area contributed by atoms with E-state index in [-0.39, 0.29) is 6.61 Å². The summed E-state index contributed by atoms with van der Waals surface area (Å²) in [4.78, 5) is 2.10. The number of aliphatic hydroxyl groups is 1. The van der Waals surface area contributed by atoms with Gasteiger partial charge in [-0.2, -0.15) is 5.10 Å². The number of H-pyrrole nitrogens is 1. The lowest BCUT2D eigenvalue weighted by Crippen LogP contribution is -2.26. The summed E-state index contributed by atoms with van der Waals surface area (Å²) in [6.45, 7) is 7.44. The number of azo groups is 1. The van der Waals surface area contributed by atoms with Gasteiger partial charge in [-0.15, -0.1) is 10.2 Å². The van der Waals surface area contributed by atoms with E-state index in [4.69, 9.17) is 16.7 Å². The highest BCUT2D eigenvalue weighted by molar-refractivity contribution is 6.33. The normalized spacial score (nSPS) is 11.3. The van der Waals surface area contributed by atoms with Crippen LogP contribution in [-0.2, 0) is 0 Å². The molecule has 0 saturated heterocycles. The quantitative estimate of drug-likeness (QED) is 0.792. The van der Waals surface area contributed by atoms with Crippen LogP contribution in [0.15, 0.2) is 28.4 Å². The fourth-order valence-corrected chi connectivity index (χ4v) is 2.23. The van der Waals surface area contributed by atoms with Crippen LogP contribution in [0.5, 0.6) is 0 Å². The highest BCUT2D eigenvalue weighted by atomic mass is 35.5. The molecule has 1 heterocycles. The number of anilines is 1. The van der Waals surface area contributed by atoms with E-state index in [0.29, 0.717) is 17.4 Å². The first-order valence-corrected chi connectivity index (χ1v) is 7.53. The summed E-state index contributed by atoms with van der Waals surface area (Å²) in [6.07, 6.45) is 0. The summed E-state index contributed by atoms with van der Waals surface area (Å²) in [5, 5.41) is 24.6. The Hall–Kier alpha value is -1.92. The Kier molecular flexibility index (Phi) is 5.51. The van der Waals surface area contributed by atoms with Gasteiger partial charge in [0.2, 0.25) is 5.82 Å². The second-order valence-electron chi connectivity index (χ2n) is 4.96. The first-order valence-electron chi connectivity index (χ1n) is 7.15. The molecule has 0 bridgehead atoms. The number of nitrogens with zero attached hydrogens (tertiary/aromatic N) is 4. The zero-order chi connectivity index (χ0) is 16.1. The maximum atomic E-state index is 9.09. The number of likely N-dealkylation sites (N-methyl/N-ethyl adjacent to an activating group) is 1. The van der Waals surface area contributed by atoms with Gasteiger partial charge in [0.05, 0.1) is 18.0 Å². The van der Waals surface area contributed by atoms with Crippen molar-refractivity contribution in [1.29, 1.82) is 0 Å². The van der Waals surface area contributed by atoms with Crippen LogP contribution in [0.2, 0.25) is 5.02 Å². The molecule has 22 heavy (non-hydrogen) atoms. The van der Waals surface area contributed by atoms with Gasteiger partial charge in [-0.25, -0.2) is 0 Å². The van der Waals surface area contributed by atoms with Crippen molar-refractivity contribution in [3.8, 4) is 0 Å². The van der Waals surface area contributed by atoms with Gasteiger partial charge < -0.3 is 10.0 Å². The van der Waals surface area contributed by atoms with Crippen LogP contribution in [0, 0.1) is 13.8 Å². The first kappa shape index (κ1) is 16.5. The molecule has 2 rings (SSSR count). The van der Waals surface area contributed by atoms with Crippen LogP contribution in [0.3, 0.4) is 0 Å². The van der Waals surface area contributed by atoms with Crippen LogP contribution in [-0.4, -0.2) is 35.0 Å². The molecule has 2 aromatic rings. The summed E-state index contributed by atoms with van der Waals surface area (Å²) < 4.78 is 0. The summed E-state index contributed by atoms with van der Waals surface area (Å²) in [5.41, 5.74) is 3.59. The van der Waals surface area contributed by atoms with Crippen LogP contribution in [0.1, 0.15) is 18.2 Å². The number of aliphatic hydroxyl groups excluding tert-OH is 1. The van der Waals surface area contributed by atoms with Gasteiger partial charge in [0.15, 0.2) is 0 Å². The van der Waals surface area contributed by atoms with Gasteiger partial charge in [0, 0.05) is 18.8 Å². The molecule has 118 valence electrons. The predicted molar refractivity (Wildman–Crippen MR) is 88.7 cm³/mol. The van der Waals surface area contributed by atoms with Crippen LogP contribution < -0.4 is 4.90 Å². The van der Waals surface area contributed by atoms with E-state index in [0.717, 1.165) is 29.2 Å². The van der Waals surface area contributed by atoms with E-state index in [9.17, 15) is 0 Å². The molecule has 0 atom stereocenters. The van der Waals surface area contributed by atoms with Crippen molar-refractivity contribution in [3.63, 3.8) is 0 Å². The monoisotopic (exact) mass is 321 g/mol. The number of hydrogen-bond donors (Lipinski definition) is 2. The Morgan fingerprint density at radius 1 is 1.32 bits per heavy atom. The molecule has 1 aromatic carbocycles. The Morgan fingerprint density at radius 2 is 2.09 bits per heavy atom. The highest BCUT2D eigenvalue weighted by Crippen LogP contribution is 2.29. The van der Waals surface area contributed by atoms with E-state index in [1.54, 1.807) is 0 Å². The molecule has 7 heteroatoms. The predicted octanol–water partition coefficient (Wildman–Crippen LogP) is 3.91. The average molecular weight is 322 g/mol. The van der Waals surface area contributed by atoms with E-state index in [1.165, 1.54) is 0 Å². The third kappa shape index (κ3) is 3.64. The van der Waals surface area contributed by atoms with Gasteiger partial charge in [-0.3, -0.25) is 5.10 Å². The number of hydrogen-bond acceptors (Lipinski definition) is 5. The summed E-state index contributed by atoms with van der Waals surface area (Å²) in [5.74, 6) is 0.387. The molecule has 0 radical (unpaired) electrons. The fourth-order valence-electron chi connectivity index (χ4n) is 2.11. The summed E-state index contributed by atoms with van der Waals surface area (Å²) in [6, 6.07) is 5.91. The molecule has 1 aromatic heterocycles. The Labute approximate surface area is 134 Å². The molecule has 0 spiro atoms. The molecular formula is C15H20ClN5O. The minimum Gasteiger partial charge on any atom is -0.395 e. The van der Waals surface area contributed by atoms with Gasteiger partial charge in [-0.1, -0.05) is 11.6 Å². The number of benzene rings is 1. The van der Waals surface area contributed by atoms with E-state index in [2.05, 4.69) is 32.2 Å². The minimum absolute atomic E-state index is 0.130. The van der Waals surface area contributed by atoms with E-state index in [1.807, 2.05) is 32.0 Å². The largest absolute Gasteiger partial charge is 0.395 e. The Balaban J connectivity index is 2.21. The standard InChI is InChI=1S/C15H20ClN5O/c1-4-21(7-8-22)12-5-6-13(10(2)9-12)18-20-15-14(16)11(3)17-19-15/h5-6,9,22H,4,7-8H2,1-3H3,(H,17,19). The molecule has 0 fully saturated rings. The molecule has 0 aliphatic carbocycles. The zero-order valence-corrected chi connectivity index (χ0v) is 13.7. The van der Waals surface area contributed by atoms with Gasteiger partial charge in [-0.05, 0) is 44.5 Å². The highest BCUT2D eigenvalue weighted by Gasteiger charge is 2.08. The average Bonchev–Trinajstić information content (AvgIpc) is 2.83. The SMILES string of the molecule is CCN(CCO)c1ccc(N=Nc2n[nH]c(C)c2Cl)c(C)c1. The summed E-state index contributed by atoms with van der Waals surface area (Å²) >= 11 is 6.06. The fraction of sp³-hybridized carbons (Fsp3) is 0.400. The molecule has 0 aliphatic rings. The van der Waals surface area contributed by atoms with Crippen LogP contribution in [0.25, 0.3) is 0 Å². The van der Waals surface area contributed by atoms with Crippen molar-refractivity contribution in [2.24, 2.45) is 10.2 Å². The molecule has 0 amide bonds. The maximum absolute atomic E-state index is 9.09. The lowest BCUT2D eigenvalue weighted by Gasteiger charge is -2.22. The Bertz CT molecular complexity index is 668. The van der Waals surface area contributed by atoms with Gasteiger partial charge >= 0.3 is 0 Å². The number of aromatic amines is 1. The number of rotatable bonds is 6. The van der Waals surface area contributed by atoms with Crippen molar-refractivity contribution in [1.82, 2.24) is 10.2 Å². The second-order valence-corrected chi connectivity index (χ2v) is 5.34. The minimum atomic E-state index is 0.130.